The van der Waals surface area contributed by atoms with Gasteiger partial charge in [-0.25, -0.2) is 4.79 Å². The number of phenols is 1. The molecule has 5 atom stereocenters. The molecule has 0 aromatic heterocycles. The van der Waals surface area contributed by atoms with E-state index in [0.29, 0.717) is 19.4 Å². The van der Waals surface area contributed by atoms with Crippen molar-refractivity contribution in [1.29, 1.82) is 0 Å². The fourth-order valence-corrected chi connectivity index (χ4v) is 6.36. The lowest BCUT2D eigenvalue weighted by atomic mass is 10.1. The molecule has 0 unspecified atom stereocenters. The van der Waals surface area contributed by atoms with Crippen LogP contribution >= 0.6 is 21.6 Å². The molecule has 0 radical (unpaired) electrons. The van der Waals surface area contributed by atoms with E-state index in [1.54, 1.807) is 12.1 Å². The quantitative estimate of drug-likeness (QED) is 0.252. The molecule has 14 heteroatoms. The van der Waals surface area contributed by atoms with Crippen LogP contribution in [-0.2, 0) is 30.4 Å². The largest absolute Gasteiger partial charge is 0.508 e. The number of phenolic OH excluding ortho intramolecular Hbond substituents is 1. The summed E-state index contributed by atoms with van der Waals surface area (Å²) in [4.78, 5) is 64.7. The molecule has 1 aromatic carbocycles. The fourth-order valence-electron chi connectivity index (χ4n) is 4.04. The van der Waals surface area contributed by atoms with Gasteiger partial charge in [-0.05, 0) is 43.9 Å². The van der Waals surface area contributed by atoms with Crippen LogP contribution in [0.1, 0.15) is 25.3 Å². The van der Waals surface area contributed by atoms with Gasteiger partial charge in [0.2, 0.25) is 23.6 Å². The van der Waals surface area contributed by atoms with Crippen molar-refractivity contribution in [2.75, 3.05) is 18.1 Å². The average molecular weight is 554 g/mol. The number of rotatable bonds is 5. The minimum absolute atomic E-state index is 0.0193. The Balaban J connectivity index is 1.73. The number of hydrogen-bond donors (Lipinski definition) is 6. The maximum absolute atomic E-state index is 13.1. The molecule has 0 aliphatic carbocycles. The van der Waals surface area contributed by atoms with Crippen LogP contribution in [0.5, 0.6) is 5.75 Å². The van der Waals surface area contributed by atoms with Crippen LogP contribution in [0.15, 0.2) is 24.3 Å². The second kappa shape index (κ2) is 13.0. The monoisotopic (exact) mass is 553 g/mol. The summed E-state index contributed by atoms with van der Waals surface area (Å²) in [5.41, 5.74) is 6.77. The second-order valence-electron chi connectivity index (χ2n) is 8.93. The standard InChI is InChI=1S/C23H31N5O7S2/c1-12-22(33)28-8-2-3-18(28)21(32)27-17(23(34)35)11-37-36-10-16(20(31)25-12)26-19(30)15(24)9-13-4-6-14(29)7-5-13/h4-7,12,15-18,29H,2-3,8-11,24H2,1H3,(H,25,31)(H,26,30)(H,27,32)(H,34,35)/t12-,15-,16-,17-,18-/m0/s1. The SMILES string of the molecule is C[C@@H]1NC(=O)[C@@H](NC(=O)[C@@H](N)Cc2ccc(O)cc2)CSSC[C@@H](C(=O)O)NC(=O)[C@@H]2CCCN2C1=O. The molecule has 3 rings (SSSR count). The second-order valence-corrected chi connectivity index (χ2v) is 11.5. The molecule has 0 spiro atoms. The van der Waals surface area contributed by atoms with Gasteiger partial charge in [0.1, 0.15) is 29.9 Å². The van der Waals surface area contributed by atoms with Crippen molar-refractivity contribution >= 4 is 51.2 Å². The average Bonchev–Trinajstić information content (AvgIpc) is 3.35. The molecule has 37 heavy (non-hydrogen) atoms. The summed E-state index contributed by atoms with van der Waals surface area (Å²) in [6.07, 6.45) is 1.14. The molecule has 7 N–H and O–H groups in total. The molecule has 1 aromatic rings. The third-order valence-electron chi connectivity index (χ3n) is 6.10. The Morgan fingerprint density at radius 3 is 2.49 bits per heavy atom. The highest BCUT2D eigenvalue weighted by Crippen LogP contribution is 2.25. The first-order valence-corrected chi connectivity index (χ1v) is 14.3. The van der Waals surface area contributed by atoms with Crippen molar-refractivity contribution in [3.63, 3.8) is 0 Å². The molecular weight excluding hydrogens is 522 g/mol. The van der Waals surface area contributed by atoms with Gasteiger partial charge in [0.05, 0.1) is 6.04 Å². The van der Waals surface area contributed by atoms with Crippen molar-refractivity contribution in [2.24, 2.45) is 5.73 Å². The Labute approximate surface area is 221 Å². The van der Waals surface area contributed by atoms with Crippen LogP contribution in [-0.4, -0.2) is 93.0 Å². The molecule has 0 bridgehead atoms. The van der Waals surface area contributed by atoms with E-state index in [0.717, 1.165) is 27.2 Å². The molecule has 0 saturated carbocycles. The van der Waals surface area contributed by atoms with Gasteiger partial charge < -0.3 is 36.8 Å². The minimum Gasteiger partial charge on any atom is -0.508 e. The Kier molecular flexibility index (Phi) is 10.1. The van der Waals surface area contributed by atoms with Crippen LogP contribution in [0.3, 0.4) is 0 Å². The Morgan fingerprint density at radius 1 is 1.14 bits per heavy atom. The zero-order valence-corrected chi connectivity index (χ0v) is 21.8. The summed E-state index contributed by atoms with van der Waals surface area (Å²) in [7, 11) is 2.30. The highest BCUT2D eigenvalue weighted by Gasteiger charge is 2.38. The summed E-state index contributed by atoms with van der Waals surface area (Å²) < 4.78 is 0. The lowest BCUT2D eigenvalue weighted by Crippen LogP contribution is -2.58. The summed E-state index contributed by atoms with van der Waals surface area (Å²) in [5.74, 6) is -3.20. The molecule has 2 saturated heterocycles. The lowest BCUT2D eigenvalue weighted by Gasteiger charge is -2.29. The van der Waals surface area contributed by atoms with Gasteiger partial charge in [-0.15, -0.1) is 0 Å². The topological polar surface area (TPSA) is 191 Å². The van der Waals surface area contributed by atoms with E-state index < -0.39 is 59.8 Å². The van der Waals surface area contributed by atoms with E-state index in [1.807, 2.05) is 0 Å². The smallest absolute Gasteiger partial charge is 0.327 e. The third kappa shape index (κ3) is 7.76. The molecule has 4 amide bonds. The number of hydrogen-bond acceptors (Lipinski definition) is 9. The van der Waals surface area contributed by atoms with E-state index >= 15 is 0 Å². The predicted molar refractivity (Wildman–Crippen MR) is 139 cm³/mol. The number of nitrogens with one attached hydrogen (secondary N) is 3. The highest BCUT2D eigenvalue weighted by molar-refractivity contribution is 8.76. The molecular formula is C23H31N5O7S2. The number of fused-ring (bicyclic) bond motifs is 1. The third-order valence-corrected chi connectivity index (χ3v) is 8.52. The zero-order valence-electron chi connectivity index (χ0n) is 20.2. The first kappa shape index (κ1) is 28.6. The number of carbonyl (C=O) groups excluding carboxylic acids is 4. The van der Waals surface area contributed by atoms with Gasteiger partial charge >= 0.3 is 5.97 Å². The van der Waals surface area contributed by atoms with E-state index in [-0.39, 0.29) is 23.7 Å². The number of carbonyl (C=O) groups is 5. The van der Waals surface area contributed by atoms with Crippen molar-refractivity contribution in [3.8, 4) is 5.75 Å². The van der Waals surface area contributed by atoms with E-state index in [9.17, 15) is 34.2 Å². The fraction of sp³-hybridized carbons (Fsp3) is 0.522. The Bertz CT molecular complexity index is 1030. The summed E-state index contributed by atoms with van der Waals surface area (Å²) in [6, 6.07) is 1.26. The number of benzene rings is 1. The number of carboxylic acids is 1. The first-order chi connectivity index (χ1) is 17.6. The van der Waals surface area contributed by atoms with Gasteiger partial charge in [0, 0.05) is 18.1 Å². The van der Waals surface area contributed by atoms with Gasteiger partial charge in [0.15, 0.2) is 0 Å². The number of nitrogens with two attached hydrogens (primary N) is 1. The predicted octanol–water partition coefficient (Wildman–Crippen LogP) is -0.793. The van der Waals surface area contributed by atoms with E-state index in [1.165, 1.54) is 24.0 Å². The maximum Gasteiger partial charge on any atom is 0.327 e. The van der Waals surface area contributed by atoms with Crippen LogP contribution < -0.4 is 21.7 Å². The normalized spacial score (nSPS) is 26.3. The number of amides is 4. The zero-order chi connectivity index (χ0) is 27.1. The van der Waals surface area contributed by atoms with Gasteiger partial charge in [-0.3, -0.25) is 19.2 Å². The minimum atomic E-state index is -1.21. The van der Waals surface area contributed by atoms with E-state index in [2.05, 4.69) is 16.0 Å². The van der Waals surface area contributed by atoms with Gasteiger partial charge in [-0.1, -0.05) is 33.7 Å². The lowest BCUT2D eigenvalue weighted by molar-refractivity contribution is -0.144. The molecule has 12 nitrogen and oxygen atoms in total. The van der Waals surface area contributed by atoms with Crippen LogP contribution in [0.2, 0.25) is 0 Å². The van der Waals surface area contributed by atoms with Gasteiger partial charge in [0.25, 0.3) is 0 Å². The molecule has 202 valence electrons. The Morgan fingerprint density at radius 2 is 1.81 bits per heavy atom. The number of aromatic hydroxyl groups is 1. The molecule has 2 fully saturated rings. The first-order valence-electron chi connectivity index (χ1n) is 11.8. The van der Waals surface area contributed by atoms with Crippen molar-refractivity contribution in [1.82, 2.24) is 20.9 Å². The number of nitrogens with zero attached hydrogens (tertiary/aromatic N) is 1. The maximum atomic E-state index is 13.1. The van der Waals surface area contributed by atoms with Crippen molar-refractivity contribution in [3.05, 3.63) is 29.8 Å². The van der Waals surface area contributed by atoms with Crippen LogP contribution in [0, 0.1) is 0 Å². The van der Waals surface area contributed by atoms with Crippen LogP contribution in [0.25, 0.3) is 0 Å². The number of aliphatic carboxylic acids is 1. The van der Waals surface area contributed by atoms with Gasteiger partial charge in [-0.2, -0.15) is 0 Å². The van der Waals surface area contributed by atoms with Crippen LogP contribution in [0.4, 0.5) is 0 Å². The van der Waals surface area contributed by atoms with Crippen molar-refractivity contribution in [2.45, 2.75) is 56.4 Å². The summed E-state index contributed by atoms with van der Waals surface area (Å²) in [6.45, 7) is 1.81. The molecule has 2 aliphatic heterocycles. The van der Waals surface area contributed by atoms with Crippen molar-refractivity contribution < 1.29 is 34.2 Å². The number of carboxylic acid groups (broad SMARTS) is 1. The van der Waals surface area contributed by atoms with E-state index in [4.69, 9.17) is 5.73 Å². The molecule has 2 heterocycles. The Hall–Kier alpha value is -2.97. The molecule has 2 aliphatic rings. The summed E-state index contributed by atoms with van der Waals surface area (Å²) in [5, 5.41) is 26.7. The highest BCUT2D eigenvalue weighted by atomic mass is 33.1. The summed E-state index contributed by atoms with van der Waals surface area (Å²) >= 11 is 0.